The van der Waals surface area contributed by atoms with Crippen molar-refractivity contribution in [2.45, 2.75) is 0 Å². The monoisotopic (exact) mass is 162 g/mol. The molecule has 5 heteroatoms. The lowest BCUT2D eigenvalue weighted by Crippen LogP contribution is -2.06. The summed E-state index contributed by atoms with van der Waals surface area (Å²) in [6.07, 6.45) is 2.83. The van der Waals surface area contributed by atoms with E-state index in [4.69, 9.17) is 11.5 Å². The van der Waals surface area contributed by atoms with Gasteiger partial charge in [0.05, 0.1) is 5.56 Å². The lowest BCUT2D eigenvalue weighted by atomic mass is 10.3. The van der Waals surface area contributed by atoms with E-state index in [0.29, 0.717) is 5.56 Å². The molecule has 0 aliphatic rings. The molecule has 1 heterocycles. The maximum atomic E-state index is 10.2. The molecule has 5 nitrogen and oxygen atoms in total. The molecule has 1 rings (SSSR count). The van der Waals surface area contributed by atoms with E-state index in [-0.39, 0.29) is 5.95 Å². The summed E-state index contributed by atoms with van der Waals surface area (Å²) in [5.74, 6) is 4.09. The van der Waals surface area contributed by atoms with E-state index in [0.717, 1.165) is 0 Å². The smallest absolute Gasteiger partial charge is 0.293 e. The van der Waals surface area contributed by atoms with Gasteiger partial charge in [0.15, 0.2) is 0 Å². The quantitative estimate of drug-likeness (QED) is 0.473. The van der Waals surface area contributed by atoms with E-state index in [1.54, 1.807) is 0 Å². The third kappa shape index (κ3) is 2.27. The molecule has 4 N–H and O–H groups in total. The molecule has 0 spiro atoms. The number of aromatic nitrogens is 2. The molecule has 1 aromatic rings. The number of nitrogens with two attached hydrogens (primary N) is 2. The second-order valence-electron chi connectivity index (χ2n) is 1.94. The van der Waals surface area contributed by atoms with Crippen LogP contribution in [-0.4, -0.2) is 15.9 Å². The summed E-state index contributed by atoms with van der Waals surface area (Å²) in [4.78, 5) is 17.6. The maximum Gasteiger partial charge on any atom is 0.293 e. The van der Waals surface area contributed by atoms with E-state index in [1.165, 1.54) is 12.4 Å². The summed E-state index contributed by atoms with van der Waals surface area (Å²) in [5, 5.41) is 0. The highest BCUT2D eigenvalue weighted by atomic mass is 16.1. The molecule has 1 aromatic heterocycles. The standard InChI is InChI=1S/C7H6N4O/c8-6(12)2-1-5-3-10-7(9)11-4-5/h3-4H,(H2,8,12)(H2,9,10,11). The second-order valence-corrected chi connectivity index (χ2v) is 1.94. The number of primary amides is 1. The molecule has 0 aromatic carbocycles. The number of rotatable bonds is 0. The Kier molecular flexibility index (Phi) is 2.23. The van der Waals surface area contributed by atoms with E-state index in [2.05, 4.69) is 21.8 Å². The summed E-state index contributed by atoms with van der Waals surface area (Å²) >= 11 is 0. The van der Waals surface area contributed by atoms with Crippen molar-refractivity contribution in [1.29, 1.82) is 0 Å². The maximum absolute atomic E-state index is 10.2. The van der Waals surface area contributed by atoms with Gasteiger partial charge < -0.3 is 11.5 Å². The molecule has 0 saturated heterocycles. The zero-order valence-corrected chi connectivity index (χ0v) is 6.11. The number of carbonyl (C=O) groups excluding carboxylic acids is 1. The molecule has 0 atom stereocenters. The highest BCUT2D eigenvalue weighted by Gasteiger charge is 1.88. The van der Waals surface area contributed by atoms with Crippen molar-refractivity contribution in [1.82, 2.24) is 9.97 Å². The molecule has 12 heavy (non-hydrogen) atoms. The van der Waals surface area contributed by atoms with Gasteiger partial charge in [0.2, 0.25) is 5.95 Å². The Hall–Kier alpha value is -2.09. The fourth-order valence-corrected chi connectivity index (χ4v) is 0.536. The molecule has 1 amide bonds. The minimum Gasteiger partial charge on any atom is -0.368 e. The normalized spacial score (nSPS) is 8.33. The van der Waals surface area contributed by atoms with Crippen LogP contribution in [0.3, 0.4) is 0 Å². The van der Waals surface area contributed by atoms with E-state index in [9.17, 15) is 4.79 Å². The molecule has 0 radical (unpaired) electrons. The Balaban J connectivity index is 2.86. The van der Waals surface area contributed by atoms with E-state index >= 15 is 0 Å². The Labute approximate surface area is 68.8 Å². The van der Waals surface area contributed by atoms with Crippen LogP contribution in [-0.2, 0) is 4.79 Å². The van der Waals surface area contributed by atoms with E-state index < -0.39 is 5.91 Å². The van der Waals surface area contributed by atoms with Gasteiger partial charge in [0.1, 0.15) is 0 Å². The second kappa shape index (κ2) is 3.34. The summed E-state index contributed by atoms with van der Waals surface area (Å²) < 4.78 is 0. The summed E-state index contributed by atoms with van der Waals surface area (Å²) in [6.45, 7) is 0. The molecular formula is C7H6N4O. The van der Waals surface area contributed by atoms with Crippen LogP contribution >= 0.6 is 0 Å². The Morgan fingerprint density at radius 3 is 2.50 bits per heavy atom. The SMILES string of the molecule is NC(=O)C#Cc1cnc(N)nc1. The summed E-state index contributed by atoms with van der Waals surface area (Å²) in [6, 6.07) is 0. The van der Waals surface area contributed by atoms with Gasteiger partial charge in [-0.05, 0) is 0 Å². The lowest BCUT2D eigenvalue weighted by molar-refractivity contribution is -0.112. The number of carbonyl (C=O) groups is 1. The molecule has 0 unspecified atom stereocenters. The van der Waals surface area contributed by atoms with Gasteiger partial charge in [-0.2, -0.15) is 0 Å². The van der Waals surface area contributed by atoms with Gasteiger partial charge in [-0.3, -0.25) is 4.79 Å². The van der Waals surface area contributed by atoms with Crippen molar-refractivity contribution in [3.05, 3.63) is 18.0 Å². The van der Waals surface area contributed by atoms with Crippen LogP contribution in [0.25, 0.3) is 0 Å². The number of hydrogen-bond donors (Lipinski definition) is 2. The van der Waals surface area contributed by atoms with Crippen LogP contribution in [0.4, 0.5) is 5.95 Å². The highest BCUT2D eigenvalue weighted by Crippen LogP contribution is 1.93. The fourth-order valence-electron chi connectivity index (χ4n) is 0.536. The van der Waals surface area contributed by atoms with Crippen LogP contribution in [0.2, 0.25) is 0 Å². The Morgan fingerprint density at radius 1 is 1.42 bits per heavy atom. The largest absolute Gasteiger partial charge is 0.368 e. The average molecular weight is 162 g/mol. The zero-order valence-electron chi connectivity index (χ0n) is 6.11. The molecule has 60 valence electrons. The van der Waals surface area contributed by atoms with Gasteiger partial charge in [0, 0.05) is 18.3 Å². The van der Waals surface area contributed by atoms with Crippen molar-refractivity contribution in [2.24, 2.45) is 5.73 Å². The van der Waals surface area contributed by atoms with E-state index in [1.807, 2.05) is 0 Å². The van der Waals surface area contributed by atoms with Crippen molar-refractivity contribution in [3.63, 3.8) is 0 Å². The topological polar surface area (TPSA) is 94.9 Å². The number of amides is 1. The minimum absolute atomic E-state index is 0.166. The first-order chi connectivity index (χ1) is 5.68. The minimum atomic E-state index is -0.688. The highest BCUT2D eigenvalue weighted by molar-refractivity contribution is 5.92. The van der Waals surface area contributed by atoms with Gasteiger partial charge in [-0.15, -0.1) is 0 Å². The predicted octanol–water partition coefficient (Wildman–Crippen LogP) is -1.10. The average Bonchev–Trinajstić information content (AvgIpc) is 2.03. The van der Waals surface area contributed by atoms with Crippen LogP contribution in [0.15, 0.2) is 12.4 Å². The first-order valence-electron chi connectivity index (χ1n) is 3.07. The number of nitrogen functional groups attached to an aromatic ring is 1. The van der Waals surface area contributed by atoms with Crippen molar-refractivity contribution >= 4 is 11.9 Å². The van der Waals surface area contributed by atoms with Crippen molar-refractivity contribution < 1.29 is 4.79 Å². The first kappa shape index (κ1) is 8.01. The predicted molar refractivity (Wildman–Crippen MR) is 42.5 cm³/mol. The number of nitrogens with zero attached hydrogens (tertiary/aromatic N) is 2. The summed E-state index contributed by atoms with van der Waals surface area (Å²) in [5.41, 5.74) is 10.5. The molecule has 0 bridgehead atoms. The Morgan fingerprint density at radius 2 is 2.00 bits per heavy atom. The molecular weight excluding hydrogens is 156 g/mol. The van der Waals surface area contributed by atoms with Gasteiger partial charge >= 0.3 is 0 Å². The van der Waals surface area contributed by atoms with Gasteiger partial charge in [-0.25, -0.2) is 9.97 Å². The molecule has 0 fully saturated rings. The van der Waals surface area contributed by atoms with Crippen LogP contribution in [0, 0.1) is 11.8 Å². The van der Waals surface area contributed by atoms with Gasteiger partial charge in [0.25, 0.3) is 5.91 Å². The van der Waals surface area contributed by atoms with Gasteiger partial charge in [-0.1, -0.05) is 5.92 Å². The molecule has 0 aliphatic carbocycles. The molecule has 0 aliphatic heterocycles. The zero-order chi connectivity index (χ0) is 8.97. The first-order valence-corrected chi connectivity index (χ1v) is 3.07. The number of hydrogen-bond acceptors (Lipinski definition) is 4. The number of anilines is 1. The third-order valence-corrected chi connectivity index (χ3v) is 1.00. The van der Waals surface area contributed by atoms with Crippen molar-refractivity contribution in [3.8, 4) is 11.8 Å². The lowest BCUT2D eigenvalue weighted by Gasteiger charge is -1.88. The fraction of sp³-hybridized carbons (Fsp3) is 0. The third-order valence-electron chi connectivity index (χ3n) is 1.00. The van der Waals surface area contributed by atoms with Crippen LogP contribution in [0.5, 0.6) is 0 Å². The van der Waals surface area contributed by atoms with Crippen LogP contribution < -0.4 is 11.5 Å². The molecule has 0 saturated carbocycles. The van der Waals surface area contributed by atoms with Crippen LogP contribution in [0.1, 0.15) is 5.56 Å². The van der Waals surface area contributed by atoms with Crippen molar-refractivity contribution in [2.75, 3.05) is 5.73 Å². The Bertz CT molecular complexity index is 346. The summed E-state index contributed by atoms with van der Waals surface area (Å²) in [7, 11) is 0.